The SMILES string of the molecule is O=Cc1ccc(OCC(=O)OCC(=O)Nc2ccccc2Cl)cc1. The van der Waals surface area contributed by atoms with Crippen molar-refractivity contribution < 1.29 is 23.9 Å². The van der Waals surface area contributed by atoms with Gasteiger partial charge in [0.25, 0.3) is 5.91 Å². The summed E-state index contributed by atoms with van der Waals surface area (Å²) in [6.45, 7) is -0.794. The molecule has 0 radical (unpaired) electrons. The smallest absolute Gasteiger partial charge is 0.344 e. The number of carbonyl (C=O) groups is 3. The Morgan fingerprint density at radius 3 is 2.42 bits per heavy atom. The van der Waals surface area contributed by atoms with Gasteiger partial charge in [-0.15, -0.1) is 0 Å². The first kappa shape index (κ1) is 17.5. The van der Waals surface area contributed by atoms with Gasteiger partial charge in [0.05, 0.1) is 10.7 Å². The average Bonchev–Trinajstić information content (AvgIpc) is 2.60. The van der Waals surface area contributed by atoms with E-state index in [1.165, 1.54) is 0 Å². The van der Waals surface area contributed by atoms with Gasteiger partial charge in [0.2, 0.25) is 0 Å². The van der Waals surface area contributed by atoms with Crippen LogP contribution in [0.3, 0.4) is 0 Å². The lowest BCUT2D eigenvalue weighted by molar-refractivity contribution is -0.149. The summed E-state index contributed by atoms with van der Waals surface area (Å²) in [6.07, 6.45) is 0.704. The molecule has 0 bridgehead atoms. The van der Waals surface area contributed by atoms with Crippen LogP contribution in [0, 0.1) is 0 Å². The van der Waals surface area contributed by atoms with Crippen molar-refractivity contribution in [1.29, 1.82) is 0 Å². The first-order chi connectivity index (χ1) is 11.6. The zero-order valence-electron chi connectivity index (χ0n) is 12.5. The van der Waals surface area contributed by atoms with Crippen LogP contribution < -0.4 is 10.1 Å². The minimum Gasteiger partial charge on any atom is -0.482 e. The molecule has 2 aromatic carbocycles. The van der Waals surface area contributed by atoms with Crippen LogP contribution in [0.1, 0.15) is 10.4 Å². The Bertz CT molecular complexity index is 730. The van der Waals surface area contributed by atoms with Crippen molar-refractivity contribution >= 4 is 35.5 Å². The van der Waals surface area contributed by atoms with Crippen molar-refractivity contribution in [2.75, 3.05) is 18.5 Å². The summed E-state index contributed by atoms with van der Waals surface area (Å²) in [5.41, 5.74) is 0.938. The molecule has 0 saturated heterocycles. The molecule has 2 rings (SSSR count). The first-order valence-electron chi connectivity index (χ1n) is 6.96. The molecule has 6 nitrogen and oxygen atoms in total. The van der Waals surface area contributed by atoms with Crippen molar-refractivity contribution in [2.45, 2.75) is 0 Å². The molecule has 124 valence electrons. The van der Waals surface area contributed by atoms with E-state index in [2.05, 4.69) is 5.32 Å². The molecule has 0 unspecified atom stereocenters. The molecule has 2 aromatic rings. The molecule has 1 N–H and O–H groups in total. The van der Waals surface area contributed by atoms with E-state index in [1.54, 1.807) is 48.5 Å². The van der Waals surface area contributed by atoms with Crippen LogP contribution in [0.15, 0.2) is 48.5 Å². The largest absolute Gasteiger partial charge is 0.482 e. The number of carbonyl (C=O) groups excluding carboxylic acids is 3. The Morgan fingerprint density at radius 2 is 1.75 bits per heavy atom. The van der Waals surface area contributed by atoms with Crippen molar-refractivity contribution in [2.24, 2.45) is 0 Å². The molecule has 0 aromatic heterocycles. The second-order valence-corrected chi connectivity index (χ2v) is 5.07. The lowest BCUT2D eigenvalue weighted by atomic mass is 10.2. The molecule has 0 aliphatic carbocycles. The summed E-state index contributed by atoms with van der Waals surface area (Å²) in [5, 5.41) is 2.92. The van der Waals surface area contributed by atoms with Crippen LogP contribution in [-0.2, 0) is 14.3 Å². The monoisotopic (exact) mass is 347 g/mol. The lowest BCUT2D eigenvalue weighted by Crippen LogP contribution is -2.23. The second kappa shape index (κ2) is 8.69. The maximum Gasteiger partial charge on any atom is 0.344 e. The zero-order valence-corrected chi connectivity index (χ0v) is 13.3. The normalized spacial score (nSPS) is 9.88. The fourth-order valence-electron chi connectivity index (χ4n) is 1.72. The third-order valence-electron chi connectivity index (χ3n) is 2.89. The van der Waals surface area contributed by atoms with Gasteiger partial charge in [-0.05, 0) is 36.4 Å². The molecule has 0 aliphatic heterocycles. The van der Waals surface area contributed by atoms with E-state index in [0.29, 0.717) is 28.3 Å². The van der Waals surface area contributed by atoms with Gasteiger partial charge in [0.15, 0.2) is 13.2 Å². The van der Waals surface area contributed by atoms with Gasteiger partial charge in [-0.2, -0.15) is 0 Å². The zero-order chi connectivity index (χ0) is 17.4. The summed E-state index contributed by atoms with van der Waals surface area (Å²) in [4.78, 5) is 33.8. The molecule has 0 heterocycles. The van der Waals surface area contributed by atoms with Crippen LogP contribution in [0.2, 0.25) is 5.02 Å². The van der Waals surface area contributed by atoms with Gasteiger partial charge in [0.1, 0.15) is 12.0 Å². The number of hydrogen-bond acceptors (Lipinski definition) is 5. The maximum absolute atomic E-state index is 11.7. The predicted molar refractivity (Wildman–Crippen MR) is 88.4 cm³/mol. The van der Waals surface area contributed by atoms with Gasteiger partial charge in [-0.3, -0.25) is 9.59 Å². The standard InChI is InChI=1S/C17H14ClNO5/c18-14-3-1-2-4-15(14)19-16(21)10-24-17(22)11-23-13-7-5-12(9-20)6-8-13/h1-9H,10-11H2,(H,19,21). The lowest BCUT2D eigenvalue weighted by Gasteiger charge is -2.08. The van der Waals surface area contributed by atoms with Gasteiger partial charge in [-0.1, -0.05) is 23.7 Å². The molecule has 0 atom stereocenters. The minimum atomic E-state index is -0.691. The van der Waals surface area contributed by atoms with Crippen LogP contribution in [0.5, 0.6) is 5.75 Å². The highest BCUT2D eigenvalue weighted by atomic mass is 35.5. The predicted octanol–water partition coefficient (Wildman–Crippen LogP) is 2.71. The van der Waals surface area contributed by atoms with Gasteiger partial charge >= 0.3 is 5.97 Å². The molecule has 0 spiro atoms. The number of aldehydes is 1. The number of rotatable bonds is 7. The molecule has 0 aliphatic rings. The number of hydrogen-bond donors (Lipinski definition) is 1. The number of para-hydroxylation sites is 1. The van der Waals surface area contributed by atoms with E-state index in [1.807, 2.05) is 0 Å². The fraction of sp³-hybridized carbons (Fsp3) is 0.118. The Balaban J connectivity index is 1.73. The number of ether oxygens (including phenoxy) is 2. The molecular weight excluding hydrogens is 334 g/mol. The third-order valence-corrected chi connectivity index (χ3v) is 3.21. The number of anilines is 1. The molecule has 7 heteroatoms. The summed E-state index contributed by atoms with van der Waals surface area (Å²) in [5.74, 6) is -0.784. The van der Waals surface area contributed by atoms with Crippen LogP contribution in [0.25, 0.3) is 0 Å². The highest BCUT2D eigenvalue weighted by Crippen LogP contribution is 2.20. The molecular formula is C17H14ClNO5. The van der Waals surface area contributed by atoms with Gasteiger partial charge in [0, 0.05) is 5.56 Å². The molecule has 1 amide bonds. The number of nitrogens with one attached hydrogen (secondary N) is 1. The Hall–Kier alpha value is -2.86. The number of halogens is 1. The summed E-state index contributed by atoms with van der Waals surface area (Å²) in [7, 11) is 0. The van der Waals surface area contributed by atoms with E-state index in [9.17, 15) is 14.4 Å². The number of benzene rings is 2. The van der Waals surface area contributed by atoms with Gasteiger partial charge < -0.3 is 14.8 Å². The Labute approximate surface area is 143 Å². The maximum atomic E-state index is 11.7. The average molecular weight is 348 g/mol. The van der Waals surface area contributed by atoms with Crippen molar-refractivity contribution in [3.63, 3.8) is 0 Å². The first-order valence-corrected chi connectivity index (χ1v) is 7.34. The summed E-state index contributed by atoms with van der Waals surface area (Å²) in [6, 6.07) is 13.0. The summed E-state index contributed by atoms with van der Waals surface area (Å²) >= 11 is 5.91. The van der Waals surface area contributed by atoms with Crippen molar-refractivity contribution in [3.05, 3.63) is 59.1 Å². The van der Waals surface area contributed by atoms with E-state index >= 15 is 0 Å². The van der Waals surface area contributed by atoms with E-state index in [4.69, 9.17) is 21.1 Å². The Kier molecular flexibility index (Phi) is 6.33. The fourth-order valence-corrected chi connectivity index (χ4v) is 1.90. The van der Waals surface area contributed by atoms with Gasteiger partial charge in [-0.25, -0.2) is 4.79 Å². The van der Waals surface area contributed by atoms with Crippen LogP contribution >= 0.6 is 11.6 Å². The van der Waals surface area contributed by atoms with Crippen molar-refractivity contribution in [1.82, 2.24) is 0 Å². The molecule has 24 heavy (non-hydrogen) atoms. The molecule has 0 saturated carbocycles. The number of esters is 1. The summed E-state index contributed by atoms with van der Waals surface area (Å²) < 4.78 is 10.0. The number of amides is 1. The van der Waals surface area contributed by atoms with Crippen molar-refractivity contribution in [3.8, 4) is 5.75 Å². The third kappa shape index (κ3) is 5.40. The van der Waals surface area contributed by atoms with E-state index in [-0.39, 0.29) is 6.61 Å². The minimum absolute atomic E-state index is 0.347. The Morgan fingerprint density at radius 1 is 1.04 bits per heavy atom. The second-order valence-electron chi connectivity index (χ2n) is 4.66. The topological polar surface area (TPSA) is 81.7 Å². The highest BCUT2D eigenvalue weighted by molar-refractivity contribution is 6.33. The molecule has 0 fully saturated rings. The quantitative estimate of drug-likeness (QED) is 0.615. The van der Waals surface area contributed by atoms with Crippen LogP contribution in [0.4, 0.5) is 5.69 Å². The van der Waals surface area contributed by atoms with Crippen LogP contribution in [-0.4, -0.2) is 31.4 Å². The van der Waals surface area contributed by atoms with E-state index in [0.717, 1.165) is 0 Å². The highest BCUT2D eigenvalue weighted by Gasteiger charge is 2.10. The van der Waals surface area contributed by atoms with E-state index < -0.39 is 18.5 Å².